The number of ether oxygens (including phenoxy) is 1. The molecule has 0 spiro atoms. The van der Waals surface area contributed by atoms with E-state index in [9.17, 15) is 24.9 Å². The lowest BCUT2D eigenvalue weighted by Crippen LogP contribution is -2.60. The first-order valence-corrected chi connectivity index (χ1v) is 14.8. The van der Waals surface area contributed by atoms with E-state index in [2.05, 4.69) is 6.92 Å². The van der Waals surface area contributed by atoms with Crippen LogP contribution in [0.3, 0.4) is 0 Å². The van der Waals surface area contributed by atoms with Crippen LogP contribution in [-0.4, -0.2) is 51.0 Å². The lowest BCUT2D eigenvalue weighted by molar-refractivity contribution is -0.184. The van der Waals surface area contributed by atoms with Crippen LogP contribution in [0.1, 0.15) is 117 Å². The van der Waals surface area contributed by atoms with Crippen molar-refractivity contribution in [2.75, 3.05) is 6.61 Å². The predicted octanol–water partition coefficient (Wildman–Crippen LogP) is 5.58. The van der Waals surface area contributed by atoms with Crippen LogP contribution in [0.4, 0.5) is 0 Å². The molecule has 0 saturated heterocycles. The van der Waals surface area contributed by atoms with Gasteiger partial charge in [-0.2, -0.15) is 0 Å². The Bertz CT molecular complexity index is 847. The van der Waals surface area contributed by atoms with Gasteiger partial charge >= 0.3 is 5.97 Å². The van der Waals surface area contributed by atoms with E-state index < -0.39 is 23.0 Å². The van der Waals surface area contributed by atoms with Crippen molar-refractivity contribution in [3.05, 3.63) is 23.3 Å². The summed E-state index contributed by atoms with van der Waals surface area (Å²) < 4.78 is 5.85. The van der Waals surface area contributed by atoms with Gasteiger partial charge in [-0.3, -0.25) is 9.59 Å². The topological polar surface area (TPSA) is 104 Å². The maximum atomic E-state index is 12.8. The van der Waals surface area contributed by atoms with Gasteiger partial charge < -0.3 is 20.1 Å². The van der Waals surface area contributed by atoms with Crippen LogP contribution < -0.4 is 0 Å². The molecule has 0 aromatic carbocycles. The number of esters is 1. The Kier molecular flexibility index (Phi) is 11.0. The predicted molar refractivity (Wildman–Crippen MR) is 145 cm³/mol. The quantitative estimate of drug-likeness (QED) is 0.158. The summed E-state index contributed by atoms with van der Waals surface area (Å²) in [6.07, 6.45) is 18.0. The molecule has 1 fully saturated rings. The lowest BCUT2D eigenvalue weighted by atomic mass is 9.60. The Labute approximate surface area is 223 Å². The highest BCUT2D eigenvalue weighted by molar-refractivity contribution is 6.04. The average Bonchev–Trinajstić information content (AvgIpc) is 3.03. The molecule has 0 aromatic heterocycles. The van der Waals surface area contributed by atoms with Crippen molar-refractivity contribution < 1.29 is 29.6 Å². The minimum absolute atomic E-state index is 0.00960. The summed E-state index contributed by atoms with van der Waals surface area (Å²) in [4.78, 5) is 25.4. The van der Waals surface area contributed by atoms with E-state index in [1.165, 1.54) is 51.4 Å². The molecule has 6 atom stereocenters. The summed E-state index contributed by atoms with van der Waals surface area (Å²) in [5, 5.41) is 33.3. The fourth-order valence-corrected chi connectivity index (χ4v) is 6.98. The molecule has 0 bridgehead atoms. The average molecular weight is 519 g/mol. The first-order valence-electron chi connectivity index (χ1n) is 14.8. The standard InChI is InChI=1S/C31H50O6/c1-4-5-6-7-8-9-10-11-12-13-14-15-28(33)37-26-17-23(3)31(36)25(19-26)18-24(21-32)20-30(35)27(31)16-22(2)29(30)34/h16,18,23,25-27,32,35-36H,4-15,17,19-21H2,1-3H3/t23-,25+,26-,27-,30-,31-/m1/s1. The molecule has 0 amide bonds. The van der Waals surface area contributed by atoms with Gasteiger partial charge in [0, 0.05) is 24.7 Å². The smallest absolute Gasteiger partial charge is 0.306 e. The van der Waals surface area contributed by atoms with Crippen molar-refractivity contribution in [1.29, 1.82) is 0 Å². The molecule has 3 aliphatic rings. The molecule has 3 rings (SSSR count). The van der Waals surface area contributed by atoms with E-state index in [1.807, 2.05) is 13.0 Å². The maximum Gasteiger partial charge on any atom is 0.306 e. The molecule has 0 unspecified atom stereocenters. The summed E-state index contributed by atoms with van der Waals surface area (Å²) in [5.41, 5.74) is -2.09. The van der Waals surface area contributed by atoms with Crippen molar-refractivity contribution in [1.82, 2.24) is 0 Å². The molecule has 6 heteroatoms. The van der Waals surface area contributed by atoms with E-state index >= 15 is 0 Å². The molecule has 37 heavy (non-hydrogen) atoms. The van der Waals surface area contributed by atoms with Gasteiger partial charge in [0.1, 0.15) is 11.7 Å². The SMILES string of the molecule is CCCCCCCCCCCCCC(=O)O[C@@H]1C[C@@H](C)[C@@]2(O)[C@@H](C=C(CO)C[C@]3(O)C(=O)C(C)=C[C@@H]23)C1. The van der Waals surface area contributed by atoms with Crippen molar-refractivity contribution in [3.8, 4) is 0 Å². The van der Waals surface area contributed by atoms with Crippen molar-refractivity contribution in [2.45, 2.75) is 134 Å². The van der Waals surface area contributed by atoms with E-state index in [-0.39, 0.29) is 36.8 Å². The second-order valence-corrected chi connectivity index (χ2v) is 12.0. The van der Waals surface area contributed by atoms with Crippen molar-refractivity contribution >= 4 is 11.8 Å². The van der Waals surface area contributed by atoms with Gasteiger partial charge in [0.25, 0.3) is 0 Å². The molecule has 0 aliphatic heterocycles. The van der Waals surface area contributed by atoms with Crippen LogP contribution in [0.5, 0.6) is 0 Å². The molecule has 0 radical (unpaired) electrons. The molecule has 3 aliphatic carbocycles. The van der Waals surface area contributed by atoms with Crippen LogP contribution in [0.2, 0.25) is 0 Å². The minimum Gasteiger partial charge on any atom is -0.462 e. The second-order valence-electron chi connectivity index (χ2n) is 12.0. The summed E-state index contributed by atoms with van der Waals surface area (Å²) >= 11 is 0. The molecular formula is C31H50O6. The van der Waals surface area contributed by atoms with Crippen molar-refractivity contribution in [3.63, 3.8) is 0 Å². The van der Waals surface area contributed by atoms with Crippen LogP contribution in [-0.2, 0) is 14.3 Å². The number of Topliss-reactive ketones (excluding diaryl/α,β-unsaturated/α-hetero) is 1. The monoisotopic (exact) mass is 518 g/mol. The fourth-order valence-electron chi connectivity index (χ4n) is 6.98. The Hall–Kier alpha value is -1.50. The van der Waals surface area contributed by atoms with Crippen molar-refractivity contribution in [2.24, 2.45) is 17.8 Å². The highest BCUT2D eigenvalue weighted by Gasteiger charge is 2.63. The summed E-state index contributed by atoms with van der Waals surface area (Å²) in [6.45, 7) is 5.53. The van der Waals surface area contributed by atoms with E-state index in [0.29, 0.717) is 30.4 Å². The molecule has 3 N–H and O–H groups in total. The second kappa shape index (κ2) is 13.5. The first kappa shape index (κ1) is 30.0. The third kappa shape index (κ3) is 6.93. The Morgan fingerprint density at radius 2 is 1.57 bits per heavy atom. The molecule has 0 aromatic rings. The molecule has 0 heterocycles. The number of carbonyl (C=O) groups excluding carboxylic acids is 2. The number of aliphatic hydroxyl groups is 3. The van der Waals surface area contributed by atoms with E-state index in [4.69, 9.17) is 4.74 Å². The van der Waals surface area contributed by atoms with Gasteiger partial charge in [-0.25, -0.2) is 0 Å². The zero-order chi connectivity index (χ0) is 27.1. The Morgan fingerprint density at radius 1 is 0.973 bits per heavy atom. The number of aliphatic hydroxyl groups excluding tert-OH is 1. The van der Waals surface area contributed by atoms with Gasteiger partial charge in [-0.05, 0) is 43.3 Å². The van der Waals surface area contributed by atoms with Gasteiger partial charge in [0.15, 0.2) is 5.78 Å². The number of unbranched alkanes of at least 4 members (excludes halogenated alkanes) is 10. The van der Waals surface area contributed by atoms with Crippen LogP contribution in [0.25, 0.3) is 0 Å². The number of rotatable bonds is 14. The van der Waals surface area contributed by atoms with Gasteiger partial charge in [0.05, 0.1) is 12.2 Å². The van der Waals surface area contributed by atoms with Crippen LogP contribution in [0.15, 0.2) is 23.3 Å². The minimum atomic E-state index is -1.74. The molecule has 6 nitrogen and oxygen atoms in total. The highest BCUT2D eigenvalue weighted by atomic mass is 16.5. The van der Waals surface area contributed by atoms with Crippen LogP contribution >= 0.6 is 0 Å². The summed E-state index contributed by atoms with van der Waals surface area (Å²) in [5.74, 6) is -2.04. The first-order chi connectivity index (χ1) is 17.7. The van der Waals surface area contributed by atoms with Gasteiger partial charge in [-0.1, -0.05) is 90.2 Å². The fraction of sp³-hybridized carbons (Fsp3) is 0.806. The molecule has 1 saturated carbocycles. The normalized spacial score (nSPS) is 33.3. The van der Waals surface area contributed by atoms with Crippen LogP contribution in [0, 0.1) is 17.8 Å². The van der Waals surface area contributed by atoms with E-state index in [0.717, 1.165) is 19.3 Å². The molecule has 210 valence electrons. The van der Waals surface area contributed by atoms with E-state index in [1.54, 1.807) is 13.0 Å². The summed E-state index contributed by atoms with van der Waals surface area (Å²) in [7, 11) is 0. The lowest BCUT2D eigenvalue weighted by Gasteiger charge is -2.50. The highest BCUT2D eigenvalue weighted by Crippen LogP contribution is 2.54. The molecular weight excluding hydrogens is 468 g/mol. The van der Waals surface area contributed by atoms with Gasteiger partial charge in [0.2, 0.25) is 0 Å². The number of ketones is 1. The zero-order valence-corrected chi connectivity index (χ0v) is 23.3. The number of hydrogen-bond acceptors (Lipinski definition) is 6. The third-order valence-corrected chi connectivity index (χ3v) is 9.12. The maximum absolute atomic E-state index is 12.8. The third-order valence-electron chi connectivity index (χ3n) is 9.12. The number of carbonyl (C=O) groups is 2. The Morgan fingerprint density at radius 3 is 2.16 bits per heavy atom. The largest absolute Gasteiger partial charge is 0.462 e. The summed E-state index contributed by atoms with van der Waals surface area (Å²) in [6, 6.07) is 0. The zero-order valence-electron chi connectivity index (χ0n) is 23.3. The van der Waals surface area contributed by atoms with Gasteiger partial charge in [-0.15, -0.1) is 0 Å². The number of hydrogen-bond donors (Lipinski definition) is 3. The Balaban J connectivity index is 1.47. The number of fused-ring (bicyclic) bond motifs is 3.